The second-order valence-corrected chi connectivity index (χ2v) is 8.58. The highest BCUT2D eigenvalue weighted by Gasteiger charge is 2.24. The average Bonchev–Trinajstić information content (AvgIpc) is 3.14. The lowest BCUT2D eigenvalue weighted by atomic mass is 10.1. The normalized spacial score (nSPS) is 12.5. The quantitative estimate of drug-likeness (QED) is 0.0947. The number of amides is 3. The number of aliphatic carboxylic acids is 1. The van der Waals surface area contributed by atoms with Crippen LogP contribution in [0.1, 0.15) is 38.8 Å². The number of carbonyl (C=O) groups excluding carboxylic acids is 3. The molecule has 1 heterocycles. The predicted molar refractivity (Wildman–Crippen MR) is 124 cm³/mol. The maximum atomic E-state index is 12.3. The molecule has 0 bridgehead atoms. The number of nitrogens with zero attached hydrogens (tertiary/aromatic N) is 2. The predicted octanol–water partition coefficient (Wildman–Crippen LogP) is -1.26. The van der Waals surface area contributed by atoms with Crippen LogP contribution in [0.15, 0.2) is 10.4 Å². The monoisotopic (exact) mass is 484 g/mol. The largest absolute Gasteiger partial charge is 0.481 e. The summed E-state index contributed by atoms with van der Waals surface area (Å²) >= 11 is 1.11. The molecule has 33 heavy (non-hydrogen) atoms. The zero-order chi connectivity index (χ0) is 25.0. The Labute approximate surface area is 195 Å². The lowest BCUT2D eigenvalue weighted by Crippen LogP contribution is -2.49. The van der Waals surface area contributed by atoms with Gasteiger partial charge in [0.15, 0.2) is 11.1 Å². The van der Waals surface area contributed by atoms with Gasteiger partial charge in [-0.1, -0.05) is 13.8 Å². The third-order valence-electron chi connectivity index (χ3n) is 4.14. The number of rotatable bonds is 14. The molecule has 0 aliphatic heterocycles. The number of aromatic nitrogens is 1. The van der Waals surface area contributed by atoms with E-state index in [0.29, 0.717) is 31.6 Å². The van der Waals surface area contributed by atoms with Crippen molar-refractivity contribution in [1.29, 1.82) is 0 Å². The van der Waals surface area contributed by atoms with Gasteiger partial charge in [-0.15, -0.1) is 11.3 Å². The highest BCUT2D eigenvalue weighted by atomic mass is 32.1. The molecular weight excluding hydrogens is 452 g/mol. The number of nitrogens with two attached hydrogens (primary N) is 3. The molecule has 10 N–H and O–H groups in total. The molecule has 0 saturated heterocycles. The van der Waals surface area contributed by atoms with Crippen LogP contribution in [0.2, 0.25) is 0 Å². The fourth-order valence-corrected chi connectivity index (χ4v) is 3.23. The van der Waals surface area contributed by atoms with E-state index < -0.39 is 42.2 Å². The molecule has 3 amide bonds. The van der Waals surface area contributed by atoms with Crippen LogP contribution in [-0.4, -0.2) is 64.9 Å². The summed E-state index contributed by atoms with van der Waals surface area (Å²) < 4.78 is 0. The molecule has 0 saturated carbocycles. The fourth-order valence-electron chi connectivity index (χ4n) is 2.52. The lowest BCUT2D eigenvalue weighted by Gasteiger charge is -2.17. The van der Waals surface area contributed by atoms with Crippen LogP contribution in [0, 0.1) is 5.92 Å². The zero-order valence-electron chi connectivity index (χ0n) is 18.7. The van der Waals surface area contributed by atoms with E-state index in [2.05, 4.69) is 25.9 Å². The first kappa shape index (κ1) is 27.8. The SMILES string of the molecule is CC(C)CNC(=O)[C@H](CC(=O)O)NC(=O)Cc1csc(NC(=O)[C@@H](N)CCCN=C(N)N)n1. The van der Waals surface area contributed by atoms with Crippen LogP contribution in [0.3, 0.4) is 0 Å². The van der Waals surface area contributed by atoms with E-state index in [4.69, 9.17) is 22.3 Å². The van der Waals surface area contributed by atoms with E-state index in [0.717, 1.165) is 11.3 Å². The van der Waals surface area contributed by atoms with E-state index in [1.807, 2.05) is 13.8 Å². The van der Waals surface area contributed by atoms with Crippen molar-refractivity contribution in [2.24, 2.45) is 28.1 Å². The van der Waals surface area contributed by atoms with Crippen LogP contribution >= 0.6 is 11.3 Å². The first-order chi connectivity index (χ1) is 15.5. The molecule has 13 nitrogen and oxygen atoms in total. The summed E-state index contributed by atoms with van der Waals surface area (Å²) in [6, 6.07) is -1.99. The Morgan fingerprint density at radius 3 is 2.52 bits per heavy atom. The average molecular weight is 485 g/mol. The highest BCUT2D eigenvalue weighted by Crippen LogP contribution is 2.16. The molecule has 14 heteroatoms. The van der Waals surface area contributed by atoms with Gasteiger partial charge in [-0.25, -0.2) is 4.98 Å². The molecule has 2 atom stereocenters. The Kier molecular flexibility index (Phi) is 11.8. The molecule has 1 aromatic rings. The molecule has 0 aliphatic carbocycles. The number of nitrogens with one attached hydrogen (secondary N) is 3. The summed E-state index contributed by atoms with van der Waals surface area (Å²) in [5, 5.41) is 18.5. The van der Waals surface area contributed by atoms with Gasteiger partial charge < -0.3 is 38.3 Å². The zero-order valence-corrected chi connectivity index (χ0v) is 19.5. The fraction of sp³-hybridized carbons (Fsp3) is 0.579. The summed E-state index contributed by atoms with van der Waals surface area (Å²) in [7, 11) is 0. The van der Waals surface area contributed by atoms with Crippen molar-refractivity contribution in [1.82, 2.24) is 15.6 Å². The minimum absolute atomic E-state index is 0.0298. The Morgan fingerprint density at radius 1 is 1.21 bits per heavy atom. The van der Waals surface area contributed by atoms with Gasteiger partial charge in [-0.2, -0.15) is 0 Å². The van der Waals surface area contributed by atoms with Crippen molar-refractivity contribution in [3.8, 4) is 0 Å². The Hall–Kier alpha value is -3.26. The third kappa shape index (κ3) is 11.8. The van der Waals surface area contributed by atoms with Crippen molar-refractivity contribution in [3.05, 3.63) is 11.1 Å². The first-order valence-electron chi connectivity index (χ1n) is 10.3. The van der Waals surface area contributed by atoms with Gasteiger partial charge in [-0.05, 0) is 18.8 Å². The number of guanidine groups is 1. The van der Waals surface area contributed by atoms with Gasteiger partial charge in [0.05, 0.1) is 24.6 Å². The Balaban J connectivity index is 2.58. The van der Waals surface area contributed by atoms with Crippen LogP contribution < -0.4 is 33.2 Å². The minimum atomic E-state index is -1.21. The summed E-state index contributed by atoms with van der Waals surface area (Å²) in [5.41, 5.74) is 16.7. The van der Waals surface area contributed by atoms with E-state index in [1.54, 1.807) is 5.38 Å². The van der Waals surface area contributed by atoms with Crippen LogP contribution in [0.4, 0.5) is 5.13 Å². The molecule has 0 unspecified atom stereocenters. The number of thiazole rings is 1. The summed E-state index contributed by atoms with van der Waals surface area (Å²) in [6.07, 6.45) is 0.157. The van der Waals surface area contributed by atoms with Gasteiger partial charge in [0, 0.05) is 18.5 Å². The van der Waals surface area contributed by atoms with E-state index in [1.165, 1.54) is 0 Å². The van der Waals surface area contributed by atoms with Crippen molar-refractivity contribution < 1.29 is 24.3 Å². The maximum absolute atomic E-state index is 12.3. The Bertz CT molecular complexity index is 853. The van der Waals surface area contributed by atoms with Crippen LogP contribution in [0.5, 0.6) is 0 Å². The van der Waals surface area contributed by atoms with Gasteiger partial charge in [0.1, 0.15) is 6.04 Å². The van der Waals surface area contributed by atoms with E-state index in [-0.39, 0.29) is 23.4 Å². The topological polar surface area (TPSA) is 228 Å². The summed E-state index contributed by atoms with van der Waals surface area (Å²) in [4.78, 5) is 55.7. The Morgan fingerprint density at radius 2 is 1.91 bits per heavy atom. The van der Waals surface area contributed by atoms with Gasteiger partial charge in [-0.3, -0.25) is 24.2 Å². The molecule has 184 valence electrons. The standard InChI is InChI=1S/C19H32N8O5S/c1-10(2)8-24-17(32)13(7-15(29)30)26-14(28)6-11-9-33-19(25-11)27-16(31)12(20)4-3-5-23-18(21)22/h9-10,12-13H,3-8,20H2,1-2H3,(H,24,32)(H,26,28)(H,29,30)(H4,21,22,23)(H,25,27,31)/t12-,13-/m0/s1. The molecular formula is C19H32N8O5S. The number of carboxylic acids is 1. The van der Waals surface area contributed by atoms with Gasteiger partial charge in [0.25, 0.3) is 0 Å². The molecule has 0 fully saturated rings. The second-order valence-electron chi connectivity index (χ2n) is 7.72. The molecule has 0 spiro atoms. The maximum Gasteiger partial charge on any atom is 0.305 e. The van der Waals surface area contributed by atoms with Crippen molar-refractivity contribution in [3.63, 3.8) is 0 Å². The van der Waals surface area contributed by atoms with E-state index in [9.17, 15) is 19.2 Å². The molecule has 0 aliphatic rings. The first-order valence-corrected chi connectivity index (χ1v) is 11.2. The summed E-state index contributed by atoms with van der Waals surface area (Å²) in [6.45, 7) is 4.50. The number of anilines is 1. The van der Waals surface area contributed by atoms with Crippen molar-refractivity contribution >= 4 is 46.1 Å². The van der Waals surface area contributed by atoms with Crippen LogP contribution in [0.25, 0.3) is 0 Å². The third-order valence-corrected chi connectivity index (χ3v) is 4.95. The number of aliphatic imine (C=N–C) groups is 1. The second kappa shape index (κ2) is 14.0. The van der Waals surface area contributed by atoms with Crippen molar-refractivity contribution in [2.45, 2.75) is 51.6 Å². The minimum Gasteiger partial charge on any atom is -0.481 e. The summed E-state index contributed by atoms with van der Waals surface area (Å²) in [5.74, 6) is -2.65. The smallest absolute Gasteiger partial charge is 0.305 e. The van der Waals surface area contributed by atoms with Gasteiger partial charge >= 0.3 is 5.97 Å². The lowest BCUT2D eigenvalue weighted by molar-refractivity contribution is -0.140. The molecule has 1 rings (SSSR count). The number of carbonyl (C=O) groups is 4. The van der Waals surface area contributed by atoms with Crippen LogP contribution in [-0.2, 0) is 25.6 Å². The number of carboxylic acid groups (broad SMARTS) is 1. The highest BCUT2D eigenvalue weighted by molar-refractivity contribution is 7.13. The molecule has 1 aromatic heterocycles. The molecule has 0 aromatic carbocycles. The van der Waals surface area contributed by atoms with Gasteiger partial charge in [0.2, 0.25) is 17.7 Å². The number of hydrogen-bond donors (Lipinski definition) is 7. The molecule has 0 radical (unpaired) electrons. The number of hydrogen-bond acceptors (Lipinski definition) is 8. The van der Waals surface area contributed by atoms with Crippen molar-refractivity contribution in [2.75, 3.05) is 18.4 Å². The van der Waals surface area contributed by atoms with E-state index >= 15 is 0 Å².